The quantitative estimate of drug-likeness (QED) is 0.273. The lowest BCUT2D eigenvalue weighted by atomic mass is 9.79. The van der Waals surface area contributed by atoms with E-state index in [2.05, 4.69) is 38.7 Å². The van der Waals surface area contributed by atoms with Crippen molar-refractivity contribution >= 4 is 20.0 Å². The van der Waals surface area contributed by atoms with Gasteiger partial charge in [-0.2, -0.15) is 4.79 Å². The number of esters is 1. The third kappa shape index (κ3) is 4.29. The molecule has 6 nitrogen and oxygen atoms in total. The second-order valence-corrected chi connectivity index (χ2v) is 12.5. The predicted octanol–water partition coefficient (Wildman–Crippen LogP) is 2.92. The summed E-state index contributed by atoms with van der Waals surface area (Å²) in [5.74, 6) is -0.789. The summed E-state index contributed by atoms with van der Waals surface area (Å²) in [6.45, 7) is 12.4. The van der Waals surface area contributed by atoms with E-state index in [4.69, 9.17) is 9.16 Å². The molecule has 7 heteroatoms. The summed E-state index contributed by atoms with van der Waals surface area (Å²) in [6.07, 6.45) is 2.04. The Bertz CT molecular complexity index is 495. The molecule has 1 saturated carbocycles. The van der Waals surface area contributed by atoms with Gasteiger partial charge in [0.1, 0.15) is 0 Å². The van der Waals surface area contributed by atoms with Gasteiger partial charge in [-0.15, -0.1) is 0 Å². The van der Waals surface area contributed by atoms with E-state index in [-0.39, 0.29) is 17.4 Å². The van der Waals surface area contributed by atoms with Crippen molar-refractivity contribution in [1.82, 2.24) is 0 Å². The van der Waals surface area contributed by atoms with Crippen molar-refractivity contribution in [3.63, 3.8) is 0 Å². The Morgan fingerprint density at radius 2 is 2.00 bits per heavy atom. The van der Waals surface area contributed by atoms with Gasteiger partial charge in [-0.05, 0) is 44.3 Å². The van der Waals surface area contributed by atoms with E-state index in [1.807, 2.05) is 0 Å². The van der Waals surface area contributed by atoms with Gasteiger partial charge < -0.3 is 19.8 Å². The molecule has 2 atom stereocenters. The third-order valence-electron chi connectivity index (χ3n) is 5.03. The first kappa shape index (κ1) is 20.0. The van der Waals surface area contributed by atoms with Gasteiger partial charge in [0.25, 0.3) is 0 Å². The third-order valence-corrected chi connectivity index (χ3v) is 9.51. The second kappa shape index (κ2) is 7.26. The van der Waals surface area contributed by atoms with Crippen LogP contribution in [0.1, 0.15) is 53.4 Å². The molecule has 0 aromatic rings. The number of carbonyl (C=O) groups is 1. The van der Waals surface area contributed by atoms with E-state index in [0.29, 0.717) is 12.8 Å². The molecule has 23 heavy (non-hydrogen) atoms. The average Bonchev–Trinajstić information content (AvgIpc) is 2.41. The number of nitrogens with zero attached hydrogens (tertiary/aromatic N) is 2. The van der Waals surface area contributed by atoms with Crippen LogP contribution in [0.25, 0.3) is 5.53 Å². The number of hydrogen-bond acceptors (Lipinski definition) is 4. The van der Waals surface area contributed by atoms with Crippen LogP contribution in [-0.2, 0) is 14.0 Å². The van der Waals surface area contributed by atoms with E-state index in [1.165, 1.54) is 0 Å². The van der Waals surface area contributed by atoms with Gasteiger partial charge in [-0.1, -0.05) is 27.2 Å². The van der Waals surface area contributed by atoms with Gasteiger partial charge >= 0.3 is 11.7 Å². The van der Waals surface area contributed by atoms with Crippen molar-refractivity contribution in [2.24, 2.45) is 0 Å². The molecule has 0 aliphatic heterocycles. The summed E-state index contributed by atoms with van der Waals surface area (Å²) in [7, 11) is -2.14. The fourth-order valence-electron chi connectivity index (χ4n) is 2.59. The Hall–Kier alpha value is -1.01. The molecule has 0 unspecified atom stereocenters. The van der Waals surface area contributed by atoms with Crippen LogP contribution in [0, 0.1) is 0 Å². The highest BCUT2D eigenvalue weighted by molar-refractivity contribution is 6.74. The van der Waals surface area contributed by atoms with Crippen LogP contribution >= 0.6 is 0 Å². The maximum atomic E-state index is 12.1. The molecular weight excluding hydrogens is 312 g/mol. The minimum absolute atomic E-state index is 0.0220. The summed E-state index contributed by atoms with van der Waals surface area (Å²) < 4.78 is 11.3. The first-order valence-electron chi connectivity index (χ1n) is 8.29. The lowest BCUT2D eigenvalue weighted by Crippen LogP contribution is -2.59. The van der Waals surface area contributed by atoms with Gasteiger partial charge in [0, 0.05) is 0 Å². The SMILES string of the molecule is CCOC(=O)C(=[N+]=[N-])[C@@]1(O)CCCC[C@@H]1O[Si](C)(C)C(C)(C)C. The fraction of sp³-hybridized carbons (Fsp3) is 0.875. The van der Waals surface area contributed by atoms with Crippen molar-refractivity contribution in [2.75, 3.05) is 6.61 Å². The second-order valence-electron chi connectivity index (χ2n) is 7.71. The summed E-state index contributed by atoms with van der Waals surface area (Å²) in [5, 5.41) is 11.1. The Morgan fingerprint density at radius 3 is 2.48 bits per heavy atom. The predicted molar refractivity (Wildman–Crippen MR) is 90.7 cm³/mol. The fourth-order valence-corrected chi connectivity index (χ4v) is 3.96. The first-order valence-corrected chi connectivity index (χ1v) is 11.2. The highest BCUT2D eigenvalue weighted by atomic mass is 28.4. The Morgan fingerprint density at radius 1 is 1.39 bits per heavy atom. The van der Waals surface area contributed by atoms with Gasteiger partial charge in [0.2, 0.25) is 0 Å². The smallest absolute Gasteiger partial charge is 0.420 e. The van der Waals surface area contributed by atoms with Crippen LogP contribution in [0.2, 0.25) is 18.1 Å². The van der Waals surface area contributed by atoms with Crippen LogP contribution in [-0.4, -0.2) is 48.2 Å². The molecule has 132 valence electrons. The molecule has 0 aromatic carbocycles. The van der Waals surface area contributed by atoms with Crippen LogP contribution in [0.5, 0.6) is 0 Å². The topological polar surface area (TPSA) is 92.2 Å². The van der Waals surface area contributed by atoms with E-state index >= 15 is 0 Å². The minimum atomic E-state index is -2.14. The Balaban J connectivity index is 3.14. The molecule has 1 fully saturated rings. The van der Waals surface area contributed by atoms with Gasteiger partial charge in [-0.3, -0.25) is 0 Å². The summed E-state index contributed by atoms with van der Waals surface area (Å²) in [4.78, 5) is 15.1. The molecule has 0 radical (unpaired) electrons. The van der Waals surface area contributed by atoms with Gasteiger partial charge in [-0.25, -0.2) is 4.79 Å². The van der Waals surface area contributed by atoms with E-state index < -0.39 is 26.0 Å². The van der Waals surface area contributed by atoms with Gasteiger partial charge in [0.15, 0.2) is 13.9 Å². The molecule has 1 N–H and O–H groups in total. The van der Waals surface area contributed by atoms with Gasteiger partial charge in [0.05, 0.1) is 12.7 Å². The highest BCUT2D eigenvalue weighted by Crippen LogP contribution is 2.41. The van der Waals surface area contributed by atoms with E-state index in [1.54, 1.807) is 6.92 Å². The molecule has 0 amide bonds. The molecule has 0 heterocycles. The zero-order chi connectivity index (χ0) is 17.9. The normalized spacial score (nSPS) is 25.6. The van der Waals surface area contributed by atoms with Crippen molar-refractivity contribution in [3.8, 4) is 0 Å². The van der Waals surface area contributed by atoms with Crippen molar-refractivity contribution < 1.29 is 23.9 Å². The van der Waals surface area contributed by atoms with Crippen LogP contribution in [0.15, 0.2) is 0 Å². The molecule has 1 aliphatic carbocycles. The van der Waals surface area contributed by atoms with Crippen LogP contribution < -0.4 is 0 Å². The molecular formula is C16H30N2O4Si. The molecule has 1 rings (SSSR count). The average molecular weight is 343 g/mol. The number of hydrogen-bond donors (Lipinski definition) is 1. The summed E-state index contributed by atoms with van der Waals surface area (Å²) >= 11 is 0. The monoisotopic (exact) mass is 342 g/mol. The molecule has 1 aliphatic rings. The van der Waals surface area contributed by atoms with Crippen LogP contribution in [0.4, 0.5) is 0 Å². The lowest BCUT2D eigenvalue weighted by molar-refractivity contribution is -0.147. The Labute approximate surface area is 139 Å². The lowest BCUT2D eigenvalue weighted by Gasteiger charge is -2.44. The number of carbonyl (C=O) groups excluding carboxylic acids is 1. The highest BCUT2D eigenvalue weighted by Gasteiger charge is 2.56. The van der Waals surface area contributed by atoms with E-state index in [9.17, 15) is 15.4 Å². The van der Waals surface area contributed by atoms with Crippen LogP contribution in [0.3, 0.4) is 0 Å². The molecule has 0 bridgehead atoms. The maximum absolute atomic E-state index is 12.1. The van der Waals surface area contributed by atoms with Crippen molar-refractivity contribution in [3.05, 3.63) is 5.53 Å². The summed E-state index contributed by atoms with van der Waals surface area (Å²) in [5.41, 5.74) is 7.35. The summed E-state index contributed by atoms with van der Waals surface area (Å²) in [6, 6.07) is 0. The van der Waals surface area contributed by atoms with Crippen molar-refractivity contribution in [1.29, 1.82) is 0 Å². The standard InChI is InChI=1S/C16H30N2O4Si/c1-7-21-14(19)13(18-17)16(20)11-9-8-10-12(16)22-23(5,6)15(2,3)4/h12,20H,7-11H2,1-6H3/t12-,16+/m0/s1. The zero-order valence-electron chi connectivity index (χ0n) is 15.2. The maximum Gasteiger partial charge on any atom is 0.420 e. The van der Waals surface area contributed by atoms with E-state index in [0.717, 1.165) is 12.8 Å². The number of rotatable bonds is 5. The first-order chi connectivity index (χ1) is 10.5. The number of ether oxygens (including phenoxy) is 1. The minimum Gasteiger partial charge on any atom is -0.457 e. The molecule has 0 aromatic heterocycles. The molecule has 0 spiro atoms. The Kier molecular flexibility index (Phi) is 6.32. The van der Waals surface area contributed by atoms with Crippen molar-refractivity contribution in [2.45, 2.75) is 83.2 Å². The largest absolute Gasteiger partial charge is 0.457 e. The zero-order valence-corrected chi connectivity index (χ0v) is 16.2. The number of aliphatic hydroxyl groups is 1. The molecule has 0 saturated heterocycles.